The molecule has 0 spiro atoms. The quantitative estimate of drug-likeness (QED) is 0.558. The first-order chi connectivity index (χ1) is 5.72. The van der Waals surface area contributed by atoms with Gasteiger partial charge in [-0.25, -0.2) is 0 Å². The van der Waals surface area contributed by atoms with E-state index in [0.717, 1.165) is 19.6 Å². The smallest absolute Gasteiger partial charge is 0.0587 e. The van der Waals surface area contributed by atoms with Crippen LogP contribution in [0.2, 0.25) is 0 Å². The van der Waals surface area contributed by atoms with E-state index in [-0.39, 0.29) is 12.6 Å². The van der Waals surface area contributed by atoms with Gasteiger partial charge in [-0.1, -0.05) is 13.8 Å². The molecule has 74 valence electrons. The van der Waals surface area contributed by atoms with E-state index in [2.05, 4.69) is 19.2 Å². The lowest BCUT2D eigenvalue weighted by atomic mass is 10.1. The van der Waals surface area contributed by atoms with E-state index in [1.54, 1.807) is 7.11 Å². The lowest BCUT2D eigenvalue weighted by Gasteiger charge is -2.19. The minimum atomic E-state index is 0.213. The lowest BCUT2D eigenvalue weighted by molar-refractivity contribution is 0.181. The van der Waals surface area contributed by atoms with Crippen LogP contribution in [0.1, 0.15) is 20.3 Å². The predicted octanol–water partition coefficient (Wildman–Crippen LogP) is 0.629. The Labute approximate surface area is 75.1 Å². The largest absolute Gasteiger partial charge is 0.395 e. The topological polar surface area (TPSA) is 41.5 Å². The summed E-state index contributed by atoms with van der Waals surface area (Å²) in [4.78, 5) is 0. The molecule has 0 amide bonds. The van der Waals surface area contributed by atoms with Crippen LogP contribution in [0.4, 0.5) is 0 Å². The van der Waals surface area contributed by atoms with E-state index >= 15 is 0 Å². The van der Waals surface area contributed by atoms with Crippen LogP contribution in [-0.2, 0) is 4.74 Å². The third kappa shape index (κ3) is 5.52. The number of rotatable bonds is 7. The van der Waals surface area contributed by atoms with Gasteiger partial charge in [0.1, 0.15) is 0 Å². The molecule has 3 nitrogen and oxygen atoms in total. The van der Waals surface area contributed by atoms with Crippen LogP contribution in [-0.4, -0.2) is 38.0 Å². The zero-order valence-corrected chi connectivity index (χ0v) is 8.34. The van der Waals surface area contributed by atoms with Gasteiger partial charge in [-0.3, -0.25) is 0 Å². The molecule has 1 unspecified atom stereocenters. The van der Waals surface area contributed by atoms with E-state index in [4.69, 9.17) is 9.84 Å². The second-order valence-electron chi connectivity index (χ2n) is 3.33. The monoisotopic (exact) mass is 175 g/mol. The first-order valence-electron chi connectivity index (χ1n) is 4.55. The molecule has 0 saturated carbocycles. The fourth-order valence-corrected chi connectivity index (χ4v) is 1.02. The van der Waals surface area contributed by atoms with Crippen molar-refractivity contribution in [1.29, 1.82) is 0 Å². The first-order valence-corrected chi connectivity index (χ1v) is 4.55. The summed E-state index contributed by atoms with van der Waals surface area (Å²) in [7, 11) is 1.70. The highest BCUT2D eigenvalue weighted by molar-refractivity contribution is 4.68. The molecule has 12 heavy (non-hydrogen) atoms. The summed E-state index contributed by atoms with van der Waals surface area (Å²) in [6.45, 7) is 6.11. The van der Waals surface area contributed by atoms with Crippen LogP contribution < -0.4 is 5.32 Å². The van der Waals surface area contributed by atoms with E-state index in [1.807, 2.05) is 0 Å². The average molecular weight is 175 g/mol. The van der Waals surface area contributed by atoms with Crippen molar-refractivity contribution < 1.29 is 9.84 Å². The van der Waals surface area contributed by atoms with E-state index < -0.39 is 0 Å². The lowest BCUT2D eigenvalue weighted by Crippen LogP contribution is -2.37. The van der Waals surface area contributed by atoms with Crippen LogP contribution >= 0.6 is 0 Å². The molecular weight excluding hydrogens is 154 g/mol. The van der Waals surface area contributed by atoms with Crippen molar-refractivity contribution in [3.05, 3.63) is 0 Å². The second kappa shape index (κ2) is 7.53. The molecular formula is C9H21NO2. The number of aliphatic hydroxyl groups excluding tert-OH is 1. The van der Waals surface area contributed by atoms with Crippen molar-refractivity contribution in [3.63, 3.8) is 0 Å². The highest BCUT2D eigenvalue weighted by Gasteiger charge is 2.09. The van der Waals surface area contributed by atoms with Gasteiger partial charge >= 0.3 is 0 Å². The van der Waals surface area contributed by atoms with Crippen molar-refractivity contribution in [2.24, 2.45) is 5.92 Å². The van der Waals surface area contributed by atoms with Crippen LogP contribution in [0, 0.1) is 5.92 Å². The molecule has 0 saturated heterocycles. The molecule has 0 radical (unpaired) electrons. The molecule has 0 rings (SSSR count). The Bertz CT molecular complexity index is 96.5. The van der Waals surface area contributed by atoms with Gasteiger partial charge in [0.2, 0.25) is 0 Å². The third-order valence-electron chi connectivity index (χ3n) is 1.93. The summed E-state index contributed by atoms with van der Waals surface area (Å²) < 4.78 is 4.92. The number of aliphatic hydroxyl groups is 1. The normalized spacial score (nSPS) is 13.8. The zero-order chi connectivity index (χ0) is 9.40. The maximum Gasteiger partial charge on any atom is 0.0587 e. The SMILES string of the molecule is COCCCNC(CO)C(C)C. The highest BCUT2D eigenvalue weighted by Crippen LogP contribution is 1.99. The Balaban J connectivity index is 3.32. The number of hydrogen-bond donors (Lipinski definition) is 2. The summed E-state index contributed by atoms with van der Waals surface area (Å²) in [6, 6.07) is 0.224. The van der Waals surface area contributed by atoms with Gasteiger partial charge in [-0.2, -0.15) is 0 Å². The second-order valence-corrected chi connectivity index (χ2v) is 3.33. The average Bonchev–Trinajstić information content (AvgIpc) is 2.04. The summed E-state index contributed by atoms with van der Waals surface area (Å²) in [5.74, 6) is 0.484. The third-order valence-corrected chi connectivity index (χ3v) is 1.93. The Kier molecular flexibility index (Phi) is 7.45. The number of nitrogens with one attached hydrogen (secondary N) is 1. The van der Waals surface area contributed by atoms with Gasteiger partial charge in [0.15, 0.2) is 0 Å². The Morgan fingerprint density at radius 3 is 2.50 bits per heavy atom. The molecule has 0 aliphatic rings. The number of hydrogen-bond acceptors (Lipinski definition) is 3. The Morgan fingerprint density at radius 2 is 2.08 bits per heavy atom. The fourth-order valence-electron chi connectivity index (χ4n) is 1.02. The summed E-state index contributed by atoms with van der Waals surface area (Å²) in [5.41, 5.74) is 0. The molecule has 3 heteroatoms. The minimum Gasteiger partial charge on any atom is -0.395 e. The molecule has 0 aromatic heterocycles. The molecule has 0 aliphatic carbocycles. The van der Waals surface area contributed by atoms with E-state index in [9.17, 15) is 0 Å². The van der Waals surface area contributed by atoms with Crippen LogP contribution in [0.15, 0.2) is 0 Å². The van der Waals surface area contributed by atoms with Crippen LogP contribution in [0.3, 0.4) is 0 Å². The molecule has 1 atom stereocenters. The molecule has 0 fully saturated rings. The standard InChI is InChI=1S/C9H21NO2/c1-8(2)9(7-11)10-5-4-6-12-3/h8-11H,4-7H2,1-3H3. The molecule has 0 aliphatic heterocycles. The van der Waals surface area contributed by atoms with E-state index in [0.29, 0.717) is 5.92 Å². The van der Waals surface area contributed by atoms with Gasteiger partial charge in [0.05, 0.1) is 6.61 Å². The summed E-state index contributed by atoms with van der Waals surface area (Å²) >= 11 is 0. The molecule has 0 heterocycles. The minimum absolute atomic E-state index is 0.213. The predicted molar refractivity (Wildman–Crippen MR) is 50.2 cm³/mol. The Hall–Kier alpha value is -0.120. The zero-order valence-electron chi connectivity index (χ0n) is 8.34. The van der Waals surface area contributed by atoms with E-state index in [1.165, 1.54) is 0 Å². The van der Waals surface area contributed by atoms with Crippen LogP contribution in [0.25, 0.3) is 0 Å². The first kappa shape index (κ1) is 11.9. The maximum absolute atomic E-state index is 8.96. The van der Waals surface area contributed by atoms with Gasteiger partial charge in [0.25, 0.3) is 0 Å². The van der Waals surface area contributed by atoms with Crippen molar-refractivity contribution >= 4 is 0 Å². The maximum atomic E-state index is 8.96. The van der Waals surface area contributed by atoms with Gasteiger partial charge in [0, 0.05) is 19.8 Å². The summed E-state index contributed by atoms with van der Waals surface area (Å²) in [5, 5.41) is 12.2. The van der Waals surface area contributed by atoms with Crippen molar-refractivity contribution in [2.75, 3.05) is 26.9 Å². The van der Waals surface area contributed by atoms with Crippen molar-refractivity contribution in [3.8, 4) is 0 Å². The fraction of sp³-hybridized carbons (Fsp3) is 1.00. The molecule has 0 bridgehead atoms. The summed E-state index contributed by atoms with van der Waals surface area (Å²) in [6.07, 6.45) is 1.000. The van der Waals surface area contributed by atoms with Crippen molar-refractivity contribution in [1.82, 2.24) is 5.32 Å². The molecule has 0 aromatic carbocycles. The van der Waals surface area contributed by atoms with Crippen molar-refractivity contribution in [2.45, 2.75) is 26.3 Å². The highest BCUT2D eigenvalue weighted by atomic mass is 16.5. The number of methoxy groups -OCH3 is 1. The van der Waals surface area contributed by atoms with Gasteiger partial charge in [-0.15, -0.1) is 0 Å². The van der Waals surface area contributed by atoms with Crippen LogP contribution in [0.5, 0.6) is 0 Å². The Morgan fingerprint density at radius 1 is 1.42 bits per heavy atom. The molecule has 2 N–H and O–H groups in total. The van der Waals surface area contributed by atoms with Gasteiger partial charge < -0.3 is 15.2 Å². The van der Waals surface area contributed by atoms with Gasteiger partial charge in [-0.05, 0) is 18.9 Å². The molecule has 0 aromatic rings. The number of ether oxygens (including phenoxy) is 1.